The van der Waals surface area contributed by atoms with Gasteiger partial charge in [-0.1, -0.05) is 60.8 Å². The van der Waals surface area contributed by atoms with Crippen molar-refractivity contribution in [2.24, 2.45) is 0 Å². The first-order valence-corrected chi connectivity index (χ1v) is 6.52. The third kappa shape index (κ3) is 12.4. The van der Waals surface area contributed by atoms with Crippen molar-refractivity contribution in [3.8, 4) is 0 Å². The largest absolute Gasteiger partial charge is 0.396 e. The smallest absolute Gasteiger partial charge is 0.0431 e. The van der Waals surface area contributed by atoms with E-state index in [1.54, 1.807) is 0 Å². The quantitative estimate of drug-likeness (QED) is 0.503. The van der Waals surface area contributed by atoms with Crippen LogP contribution in [0.2, 0.25) is 0 Å². The van der Waals surface area contributed by atoms with E-state index in [4.69, 9.17) is 5.11 Å². The van der Waals surface area contributed by atoms with Crippen LogP contribution in [0.15, 0.2) is 10.2 Å². The Morgan fingerprint density at radius 3 is 1.92 bits per heavy atom. The molecule has 0 unspecified atom stereocenters. The van der Waals surface area contributed by atoms with Crippen molar-refractivity contribution in [1.82, 2.24) is 0 Å². The van der Waals surface area contributed by atoms with E-state index in [1.165, 1.54) is 44.9 Å². The maximum atomic E-state index is 8.56. The lowest BCUT2D eigenvalue weighted by molar-refractivity contribution is 0.282. The van der Waals surface area contributed by atoms with E-state index < -0.39 is 0 Å². The van der Waals surface area contributed by atoms with Crippen LogP contribution in [-0.4, -0.2) is 11.7 Å². The molecule has 0 saturated heterocycles. The topological polar surface area (TPSA) is 20.2 Å². The number of aliphatic hydroxyl groups excluding tert-OH is 1. The number of hydrogen-bond acceptors (Lipinski definition) is 1. The Balaban J connectivity index is 2.83. The first kappa shape index (κ1) is 13.4. The summed E-state index contributed by atoms with van der Waals surface area (Å²) in [6.07, 6.45) is 12.3. The lowest BCUT2D eigenvalue weighted by Crippen LogP contribution is -1.83. The molecule has 0 aromatic carbocycles. The van der Waals surface area contributed by atoms with Crippen LogP contribution >= 0.6 is 22.6 Å². The van der Waals surface area contributed by atoms with Gasteiger partial charge in [-0.2, -0.15) is 0 Å². The second kappa shape index (κ2) is 12.4. The zero-order valence-electron chi connectivity index (χ0n) is 8.34. The molecule has 0 radical (unpaired) electrons. The van der Waals surface area contributed by atoms with E-state index >= 15 is 0 Å². The van der Waals surface area contributed by atoms with Crippen LogP contribution in [0.4, 0.5) is 0 Å². The van der Waals surface area contributed by atoms with Gasteiger partial charge in [0, 0.05) is 6.61 Å². The molecule has 0 aromatic rings. The molecule has 2 heteroatoms. The predicted octanol–water partition coefficient (Wildman–Crippen LogP) is 4.05. The maximum absolute atomic E-state index is 8.56. The van der Waals surface area contributed by atoms with Gasteiger partial charge in [-0.25, -0.2) is 0 Å². The lowest BCUT2D eigenvalue weighted by Gasteiger charge is -1.99. The predicted molar refractivity (Wildman–Crippen MR) is 67.2 cm³/mol. The highest BCUT2D eigenvalue weighted by Crippen LogP contribution is 2.08. The molecule has 0 aromatic heterocycles. The van der Waals surface area contributed by atoms with Gasteiger partial charge >= 0.3 is 0 Å². The molecule has 0 saturated carbocycles. The minimum atomic E-state index is 0.362. The molecule has 0 fully saturated rings. The van der Waals surface area contributed by atoms with Crippen molar-refractivity contribution in [3.05, 3.63) is 10.2 Å². The average Bonchev–Trinajstić information content (AvgIpc) is 2.16. The third-order valence-electron chi connectivity index (χ3n) is 2.12. The highest BCUT2D eigenvalue weighted by molar-refractivity contribution is 14.1. The maximum Gasteiger partial charge on any atom is 0.0431 e. The molecule has 0 bridgehead atoms. The van der Waals surface area contributed by atoms with E-state index in [0.29, 0.717) is 6.61 Å². The SMILES string of the molecule is OCCCCCCCCC/C=C/I. The normalized spacial score (nSPS) is 11.2. The summed E-state index contributed by atoms with van der Waals surface area (Å²) < 4.78 is 2.10. The number of unbranched alkanes of at least 4 members (excludes halogenated alkanes) is 7. The Morgan fingerprint density at radius 1 is 0.846 bits per heavy atom. The van der Waals surface area contributed by atoms with E-state index in [1.807, 2.05) is 0 Å². The monoisotopic (exact) mass is 296 g/mol. The summed E-state index contributed by atoms with van der Waals surface area (Å²) in [5, 5.41) is 8.56. The molecule has 0 aliphatic carbocycles. The van der Waals surface area contributed by atoms with Crippen molar-refractivity contribution in [1.29, 1.82) is 0 Å². The number of halogens is 1. The van der Waals surface area contributed by atoms with Crippen molar-refractivity contribution in [3.63, 3.8) is 0 Å². The summed E-state index contributed by atoms with van der Waals surface area (Å²) in [6.45, 7) is 0.362. The van der Waals surface area contributed by atoms with Gasteiger partial charge in [0.1, 0.15) is 0 Å². The first-order valence-electron chi connectivity index (χ1n) is 5.28. The minimum absolute atomic E-state index is 0.362. The zero-order chi connectivity index (χ0) is 9.78. The van der Waals surface area contributed by atoms with E-state index in [9.17, 15) is 0 Å². The zero-order valence-corrected chi connectivity index (χ0v) is 10.5. The van der Waals surface area contributed by atoms with Crippen LogP contribution < -0.4 is 0 Å². The fourth-order valence-electron chi connectivity index (χ4n) is 1.32. The Hall–Kier alpha value is 0.430. The van der Waals surface area contributed by atoms with Crippen LogP contribution in [0.1, 0.15) is 51.4 Å². The molecular weight excluding hydrogens is 275 g/mol. The highest BCUT2D eigenvalue weighted by Gasteiger charge is 1.90. The molecule has 0 rings (SSSR count). The van der Waals surface area contributed by atoms with E-state index in [-0.39, 0.29) is 0 Å². The molecule has 0 amide bonds. The molecule has 0 heterocycles. The Kier molecular flexibility index (Phi) is 12.8. The van der Waals surface area contributed by atoms with Gasteiger partial charge in [-0.15, -0.1) is 0 Å². The van der Waals surface area contributed by atoms with E-state index in [0.717, 1.165) is 6.42 Å². The van der Waals surface area contributed by atoms with Gasteiger partial charge in [0.2, 0.25) is 0 Å². The molecule has 1 N–H and O–H groups in total. The van der Waals surface area contributed by atoms with Crippen LogP contribution in [-0.2, 0) is 0 Å². The van der Waals surface area contributed by atoms with Gasteiger partial charge < -0.3 is 5.11 Å². The summed E-state index contributed by atoms with van der Waals surface area (Å²) in [4.78, 5) is 0. The van der Waals surface area contributed by atoms with Gasteiger partial charge in [-0.3, -0.25) is 0 Å². The minimum Gasteiger partial charge on any atom is -0.396 e. The molecule has 0 atom stereocenters. The highest BCUT2D eigenvalue weighted by atomic mass is 127. The van der Waals surface area contributed by atoms with Crippen LogP contribution in [0.3, 0.4) is 0 Å². The number of rotatable bonds is 9. The average molecular weight is 296 g/mol. The molecular formula is C11H21IO. The fraction of sp³-hybridized carbons (Fsp3) is 0.818. The Labute approximate surface area is 95.8 Å². The van der Waals surface area contributed by atoms with Crippen molar-refractivity contribution >= 4 is 22.6 Å². The first-order chi connectivity index (χ1) is 6.41. The molecule has 1 nitrogen and oxygen atoms in total. The van der Waals surface area contributed by atoms with Gasteiger partial charge in [0.25, 0.3) is 0 Å². The molecule has 13 heavy (non-hydrogen) atoms. The number of aliphatic hydroxyl groups is 1. The van der Waals surface area contributed by atoms with Crippen molar-refractivity contribution in [2.75, 3.05) is 6.61 Å². The van der Waals surface area contributed by atoms with Crippen LogP contribution in [0, 0.1) is 0 Å². The fourth-order valence-corrected chi connectivity index (χ4v) is 1.68. The molecule has 0 spiro atoms. The Bertz CT molecular complexity index is 113. The number of allylic oxidation sites excluding steroid dienone is 1. The Morgan fingerprint density at radius 2 is 1.38 bits per heavy atom. The van der Waals surface area contributed by atoms with Gasteiger partial charge in [0.15, 0.2) is 0 Å². The summed E-state index contributed by atoms with van der Waals surface area (Å²) in [6, 6.07) is 0. The van der Waals surface area contributed by atoms with Gasteiger partial charge in [-0.05, 0) is 23.3 Å². The molecule has 0 aliphatic rings. The summed E-state index contributed by atoms with van der Waals surface area (Å²) in [7, 11) is 0. The van der Waals surface area contributed by atoms with Crippen molar-refractivity contribution < 1.29 is 5.11 Å². The third-order valence-corrected chi connectivity index (χ3v) is 2.63. The van der Waals surface area contributed by atoms with Crippen LogP contribution in [0.25, 0.3) is 0 Å². The lowest BCUT2D eigenvalue weighted by atomic mass is 10.1. The summed E-state index contributed by atoms with van der Waals surface area (Å²) in [5.41, 5.74) is 0. The summed E-state index contributed by atoms with van der Waals surface area (Å²) >= 11 is 2.27. The molecule has 0 aliphatic heterocycles. The van der Waals surface area contributed by atoms with Crippen molar-refractivity contribution in [2.45, 2.75) is 51.4 Å². The standard InChI is InChI=1S/C11H21IO/c12-10-8-6-4-2-1-3-5-7-9-11-13/h8,10,13H,1-7,9,11H2/b10-8+. The second-order valence-electron chi connectivity index (χ2n) is 3.35. The van der Waals surface area contributed by atoms with E-state index in [2.05, 4.69) is 32.7 Å². The van der Waals surface area contributed by atoms with Gasteiger partial charge in [0.05, 0.1) is 0 Å². The second-order valence-corrected chi connectivity index (χ2v) is 4.07. The molecule has 78 valence electrons. The number of hydrogen-bond donors (Lipinski definition) is 1. The summed E-state index contributed by atoms with van der Waals surface area (Å²) in [5.74, 6) is 0. The van der Waals surface area contributed by atoms with Crippen LogP contribution in [0.5, 0.6) is 0 Å².